The van der Waals surface area contributed by atoms with Crippen LogP contribution < -0.4 is 0 Å². The lowest BCUT2D eigenvalue weighted by atomic mass is 9.91. The SMILES string of the molecule is N#CCC[C@@H]1CC[C@]2(CCCN(S(=O)(=O)c3ccccc3)C2)O1. The molecule has 0 unspecified atom stereocenters. The normalized spacial score (nSPS) is 28.7. The maximum Gasteiger partial charge on any atom is 0.243 e. The quantitative estimate of drug-likeness (QED) is 0.849. The van der Waals surface area contributed by atoms with Crippen molar-refractivity contribution in [3.05, 3.63) is 30.3 Å². The minimum absolute atomic E-state index is 0.0917. The monoisotopic (exact) mass is 334 g/mol. The van der Waals surface area contributed by atoms with E-state index in [-0.39, 0.29) is 11.7 Å². The van der Waals surface area contributed by atoms with Crippen LogP contribution >= 0.6 is 0 Å². The van der Waals surface area contributed by atoms with E-state index in [4.69, 9.17) is 10.00 Å². The summed E-state index contributed by atoms with van der Waals surface area (Å²) >= 11 is 0. The average Bonchev–Trinajstić information content (AvgIpc) is 2.96. The van der Waals surface area contributed by atoms with Gasteiger partial charge in [0.15, 0.2) is 0 Å². The van der Waals surface area contributed by atoms with E-state index in [1.165, 1.54) is 0 Å². The smallest absolute Gasteiger partial charge is 0.243 e. The molecule has 2 atom stereocenters. The van der Waals surface area contributed by atoms with Crippen molar-refractivity contribution in [3.63, 3.8) is 0 Å². The lowest BCUT2D eigenvalue weighted by Crippen LogP contribution is -2.50. The highest BCUT2D eigenvalue weighted by molar-refractivity contribution is 7.89. The van der Waals surface area contributed by atoms with Gasteiger partial charge in [0.1, 0.15) is 0 Å². The molecule has 5 nitrogen and oxygen atoms in total. The number of piperidine rings is 1. The molecule has 1 spiro atoms. The summed E-state index contributed by atoms with van der Waals surface area (Å²) in [6, 6.07) is 10.7. The Hall–Kier alpha value is -1.42. The van der Waals surface area contributed by atoms with E-state index >= 15 is 0 Å². The summed E-state index contributed by atoms with van der Waals surface area (Å²) < 4.78 is 33.4. The highest BCUT2D eigenvalue weighted by Gasteiger charge is 2.45. The van der Waals surface area contributed by atoms with Crippen LogP contribution in [0.4, 0.5) is 0 Å². The van der Waals surface area contributed by atoms with E-state index in [9.17, 15) is 8.42 Å². The number of ether oxygens (including phenoxy) is 1. The van der Waals surface area contributed by atoms with Crippen molar-refractivity contribution >= 4 is 10.0 Å². The number of nitriles is 1. The fourth-order valence-electron chi connectivity index (χ4n) is 3.63. The van der Waals surface area contributed by atoms with E-state index < -0.39 is 10.0 Å². The summed E-state index contributed by atoms with van der Waals surface area (Å²) in [6.45, 7) is 0.971. The number of benzene rings is 1. The van der Waals surface area contributed by atoms with Crippen LogP contribution in [-0.2, 0) is 14.8 Å². The molecule has 2 aliphatic rings. The first-order valence-corrected chi connectivity index (χ1v) is 9.60. The van der Waals surface area contributed by atoms with Crippen molar-refractivity contribution < 1.29 is 13.2 Å². The zero-order chi connectivity index (χ0) is 16.3. The minimum atomic E-state index is -3.46. The molecule has 0 radical (unpaired) electrons. The molecule has 23 heavy (non-hydrogen) atoms. The third-order valence-electron chi connectivity index (χ3n) is 4.80. The van der Waals surface area contributed by atoms with Gasteiger partial charge in [0, 0.05) is 19.5 Å². The standard InChI is InChI=1S/C17H22N2O3S/c18-12-4-6-15-9-11-17(22-15)10-5-13-19(14-17)23(20,21)16-7-2-1-3-8-16/h1-3,7-8,15H,4-6,9-11,13-14H2/t15-,17+/m1/s1. The molecular weight excluding hydrogens is 312 g/mol. The molecular formula is C17H22N2O3S. The molecule has 0 amide bonds. The predicted octanol–water partition coefficient (Wildman–Crippen LogP) is 2.69. The second-order valence-corrected chi connectivity index (χ2v) is 8.35. The highest BCUT2D eigenvalue weighted by Crippen LogP contribution is 2.40. The summed E-state index contributed by atoms with van der Waals surface area (Å²) in [4.78, 5) is 0.344. The summed E-state index contributed by atoms with van der Waals surface area (Å²) in [6.07, 6.45) is 4.84. The first-order chi connectivity index (χ1) is 11.1. The van der Waals surface area contributed by atoms with Crippen molar-refractivity contribution in [1.82, 2.24) is 4.31 Å². The van der Waals surface area contributed by atoms with Crippen LogP contribution in [0.15, 0.2) is 35.2 Å². The molecule has 0 N–H and O–H groups in total. The molecule has 0 aromatic heterocycles. The molecule has 0 saturated carbocycles. The maximum atomic E-state index is 12.8. The molecule has 0 bridgehead atoms. The molecule has 3 rings (SSSR count). The Labute approximate surface area is 137 Å². The highest BCUT2D eigenvalue weighted by atomic mass is 32.2. The molecule has 1 aromatic carbocycles. The third kappa shape index (κ3) is 3.42. The zero-order valence-corrected chi connectivity index (χ0v) is 14.0. The van der Waals surface area contributed by atoms with Gasteiger partial charge in [-0.3, -0.25) is 0 Å². The Bertz CT molecular complexity index is 684. The van der Waals surface area contributed by atoms with Crippen molar-refractivity contribution in [2.45, 2.75) is 55.1 Å². The van der Waals surface area contributed by atoms with Gasteiger partial charge in [0.2, 0.25) is 10.0 Å². The van der Waals surface area contributed by atoms with E-state index in [2.05, 4.69) is 6.07 Å². The van der Waals surface area contributed by atoms with E-state index in [0.717, 1.165) is 32.1 Å². The molecule has 124 valence electrons. The van der Waals surface area contributed by atoms with Crippen molar-refractivity contribution in [2.24, 2.45) is 0 Å². The van der Waals surface area contributed by atoms with Crippen LogP contribution in [0, 0.1) is 11.3 Å². The van der Waals surface area contributed by atoms with Gasteiger partial charge in [-0.05, 0) is 44.2 Å². The van der Waals surface area contributed by atoms with Gasteiger partial charge in [-0.2, -0.15) is 9.57 Å². The van der Waals surface area contributed by atoms with Gasteiger partial charge in [0.25, 0.3) is 0 Å². The molecule has 2 fully saturated rings. The van der Waals surface area contributed by atoms with Crippen molar-refractivity contribution in [1.29, 1.82) is 5.26 Å². The van der Waals surface area contributed by atoms with E-state index in [1.807, 2.05) is 6.07 Å². The molecule has 2 aliphatic heterocycles. The van der Waals surface area contributed by atoms with Gasteiger partial charge in [-0.15, -0.1) is 0 Å². The lowest BCUT2D eigenvalue weighted by Gasteiger charge is -2.39. The lowest BCUT2D eigenvalue weighted by molar-refractivity contribution is -0.0706. The summed E-state index contributed by atoms with van der Waals surface area (Å²) in [7, 11) is -3.46. The molecule has 2 heterocycles. The van der Waals surface area contributed by atoms with Crippen LogP contribution in [0.2, 0.25) is 0 Å². The van der Waals surface area contributed by atoms with Gasteiger partial charge >= 0.3 is 0 Å². The Morgan fingerprint density at radius 3 is 2.83 bits per heavy atom. The van der Waals surface area contributed by atoms with Gasteiger partial charge in [0.05, 0.1) is 22.7 Å². The van der Waals surface area contributed by atoms with Crippen molar-refractivity contribution in [2.75, 3.05) is 13.1 Å². The van der Waals surface area contributed by atoms with E-state index in [1.54, 1.807) is 28.6 Å². The first kappa shape index (κ1) is 16.4. The number of sulfonamides is 1. The topological polar surface area (TPSA) is 70.4 Å². The van der Waals surface area contributed by atoms with Crippen LogP contribution in [0.5, 0.6) is 0 Å². The second kappa shape index (κ2) is 6.60. The summed E-state index contributed by atoms with van der Waals surface area (Å²) in [5, 5.41) is 8.71. The third-order valence-corrected chi connectivity index (χ3v) is 6.66. The summed E-state index contributed by atoms with van der Waals surface area (Å²) in [5.74, 6) is 0. The summed E-state index contributed by atoms with van der Waals surface area (Å²) in [5.41, 5.74) is -0.361. The Kier molecular flexibility index (Phi) is 4.72. The average molecular weight is 334 g/mol. The molecule has 1 aromatic rings. The largest absolute Gasteiger partial charge is 0.370 e. The van der Waals surface area contributed by atoms with Gasteiger partial charge in [-0.1, -0.05) is 18.2 Å². The van der Waals surface area contributed by atoms with Gasteiger partial charge in [-0.25, -0.2) is 8.42 Å². The van der Waals surface area contributed by atoms with Crippen LogP contribution in [0.3, 0.4) is 0 Å². The van der Waals surface area contributed by atoms with Crippen molar-refractivity contribution in [3.8, 4) is 6.07 Å². The zero-order valence-electron chi connectivity index (χ0n) is 13.1. The fourth-order valence-corrected chi connectivity index (χ4v) is 5.20. The van der Waals surface area contributed by atoms with E-state index in [0.29, 0.717) is 24.4 Å². The van der Waals surface area contributed by atoms with Crippen LogP contribution in [0.25, 0.3) is 0 Å². The second-order valence-electron chi connectivity index (χ2n) is 6.41. The number of rotatable bonds is 4. The predicted molar refractivity (Wildman–Crippen MR) is 86.1 cm³/mol. The molecule has 6 heteroatoms. The Balaban J connectivity index is 1.73. The Morgan fingerprint density at radius 1 is 1.30 bits per heavy atom. The number of hydrogen-bond acceptors (Lipinski definition) is 4. The Morgan fingerprint density at radius 2 is 2.09 bits per heavy atom. The molecule has 0 aliphatic carbocycles. The number of nitrogens with zero attached hydrogens (tertiary/aromatic N) is 2. The van der Waals surface area contributed by atoms with Gasteiger partial charge < -0.3 is 4.74 Å². The minimum Gasteiger partial charge on any atom is -0.370 e. The number of hydrogen-bond donors (Lipinski definition) is 0. The molecule has 2 saturated heterocycles. The fraction of sp³-hybridized carbons (Fsp3) is 0.588. The maximum absolute atomic E-state index is 12.8. The first-order valence-electron chi connectivity index (χ1n) is 8.16. The van der Waals surface area contributed by atoms with Crippen LogP contribution in [0.1, 0.15) is 38.5 Å². The van der Waals surface area contributed by atoms with Crippen LogP contribution in [-0.4, -0.2) is 37.5 Å².